The van der Waals surface area contributed by atoms with Gasteiger partial charge in [0.15, 0.2) is 9.84 Å². The van der Waals surface area contributed by atoms with E-state index >= 15 is 0 Å². The van der Waals surface area contributed by atoms with Gasteiger partial charge in [0.25, 0.3) is 0 Å². The highest BCUT2D eigenvalue weighted by Gasteiger charge is 2.33. The van der Waals surface area contributed by atoms with Crippen molar-refractivity contribution in [1.82, 2.24) is 0 Å². The number of hydrogen-bond donors (Lipinski definition) is 1. The van der Waals surface area contributed by atoms with Crippen molar-refractivity contribution in [3.05, 3.63) is 17.7 Å². The lowest BCUT2D eigenvalue weighted by Gasteiger charge is -2.27. The topological polar surface area (TPSA) is 79.2 Å². The van der Waals surface area contributed by atoms with Crippen LogP contribution >= 0.6 is 0 Å². The van der Waals surface area contributed by atoms with Crippen molar-refractivity contribution in [2.24, 2.45) is 0 Å². The zero-order chi connectivity index (χ0) is 13.3. The minimum absolute atomic E-state index is 0.0540. The van der Waals surface area contributed by atoms with Gasteiger partial charge in [-0.1, -0.05) is 6.07 Å². The summed E-state index contributed by atoms with van der Waals surface area (Å²) in [6, 6.07) is 5.06. The molecule has 0 spiro atoms. The number of nitrogens with one attached hydrogen (secondary N) is 1. The van der Waals surface area contributed by atoms with Gasteiger partial charge in [-0.3, -0.25) is 0 Å². The van der Waals surface area contributed by atoms with E-state index in [-0.39, 0.29) is 23.1 Å². The summed E-state index contributed by atoms with van der Waals surface area (Å²) in [4.78, 5) is 0.288. The van der Waals surface area contributed by atoms with E-state index in [1.807, 2.05) is 6.07 Å². The molecule has 0 bridgehead atoms. The summed E-state index contributed by atoms with van der Waals surface area (Å²) in [7, 11) is -1.88. The second-order valence-corrected chi connectivity index (χ2v) is 6.24. The van der Waals surface area contributed by atoms with Crippen LogP contribution in [-0.2, 0) is 9.84 Å². The molecule has 5 nitrogen and oxygen atoms in total. The molecule has 2 rings (SSSR count). The summed E-state index contributed by atoms with van der Waals surface area (Å²) in [5.41, 5.74) is 1.16. The zero-order valence-corrected chi connectivity index (χ0v) is 11.0. The van der Waals surface area contributed by atoms with Crippen molar-refractivity contribution >= 4 is 15.5 Å². The fraction of sp³-hybridized carbons (Fsp3) is 0.417. The molecule has 1 N–H and O–H groups in total. The third kappa shape index (κ3) is 2.02. The van der Waals surface area contributed by atoms with Crippen molar-refractivity contribution < 1.29 is 13.2 Å². The molecule has 1 atom stereocenters. The van der Waals surface area contributed by atoms with E-state index in [1.54, 1.807) is 19.1 Å². The standard InChI is InChI=1S/C12H14N2O3S/c1-8-3-4-10(17-2)11-12(8)18(15,16)7-9(14-11)5-6-13/h3-4,9,14H,5,7H2,1-2H3. The number of benzene rings is 1. The SMILES string of the molecule is COc1ccc(C)c2c1NC(CC#N)CS2(=O)=O. The van der Waals surface area contributed by atoms with E-state index in [0.29, 0.717) is 17.0 Å². The van der Waals surface area contributed by atoms with E-state index in [9.17, 15) is 8.42 Å². The molecule has 1 unspecified atom stereocenters. The lowest BCUT2D eigenvalue weighted by molar-refractivity contribution is 0.414. The summed E-state index contributed by atoms with van der Waals surface area (Å²) in [6.07, 6.45) is 0.149. The summed E-state index contributed by atoms with van der Waals surface area (Å²) in [5.74, 6) is 0.434. The van der Waals surface area contributed by atoms with E-state index in [4.69, 9.17) is 10.00 Å². The summed E-state index contributed by atoms with van der Waals surface area (Å²) in [6.45, 7) is 1.75. The molecule has 0 saturated heterocycles. The predicted octanol–water partition coefficient (Wildman–Crippen LogP) is 1.49. The highest BCUT2D eigenvalue weighted by Crippen LogP contribution is 2.38. The number of nitrogens with zero attached hydrogens (tertiary/aromatic N) is 1. The Morgan fingerprint density at radius 1 is 1.56 bits per heavy atom. The molecule has 1 aromatic rings. The first kappa shape index (κ1) is 12.7. The van der Waals surface area contributed by atoms with Crippen molar-refractivity contribution in [3.8, 4) is 11.8 Å². The Hall–Kier alpha value is -1.74. The van der Waals surface area contributed by atoms with Crippen molar-refractivity contribution in [2.45, 2.75) is 24.3 Å². The second kappa shape index (κ2) is 4.50. The summed E-state index contributed by atoms with van der Waals surface area (Å²) < 4.78 is 29.7. The summed E-state index contributed by atoms with van der Waals surface area (Å²) >= 11 is 0. The number of rotatable bonds is 2. The number of ether oxygens (including phenoxy) is 1. The van der Waals surface area contributed by atoms with Gasteiger partial charge in [-0.25, -0.2) is 8.42 Å². The van der Waals surface area contributed by atoms with Crippen LogP contribution in [-0.4, -0.2) is 27.3 Å². The fourth-order valence-electron chi connectivity index (χ4n) is 2.19. The van der Waals surface area contributed by atoms with Gasteiger partial charge >= 0.3 is 0 Å². The molecule has 1 heterocycles. The van der Waals surface area contributed by atoms with Gasteiger partial charge in [-0.05, 0) is 18.6 Å². The van der Waals surface area contributed by atoms with Crippen LogP contribution in [0.3, 0.4) is 0 Å². The van der Waals surface area contributed by atoms with Crippen LogP contribution in [0, 0.1) is 18.3 Å². The van der Waals surface area contributed by atoms with Gasteiger partial charge in [-0.15, -0.1) is 0 Å². The Balaban J connectivity index is 2.62. The van der Waals surface area contributed by atoms with Gasteiger partial charge < -0.3 is 10.1 Å². The smallest absolute Gasteiger partial charge is 0.182 e. The maximum Gasteiger partial charge on any atom is 0.182 e. The molecule has 0 aliphatic carbocycles. The number of anilines is 1. The first-order valence-electron chi connectivity index (χ1n) is 5.53. The monoisotopic (exact) mass is 266 g/mol. The van der Waals surface area contributed by atoms with Crippen molar-refractivity contribution in [3.63, 3.8) is 0 Å². The third-order valence-corrected chi connectivity index (χ3v) is 4.94. The van der Waals surface area contributed by atoms with E-state index in [0.717, 1.165) is 0 Å². The summed E-state index contributed by atoms with van der Waals surface area (Å²) in [5, 5.41) is 11.8. The fourth-order valence-corrected chi connectivity index (χ4v) is 4.12. The third-order valence-electron chi connectivity index (χ3n) is 2.95. The normalized spacial score (nSPS) is 20.4. The number of methoxy groups -OCH3 is 1. The van der Waals surface area contributed by atoms with Gasteiger partial charge in [0.05, 0.1) is 42.0 Å². The molecular formula is C12H14N2O3S. The van der Waals surface area contributed by atoms with Gasteiger partial charge in [0, 0.05) is 0 Å². The second-order valence-electron chi connectivity index (χ2n) is 4.27. The maximum absolute atomic E-state index is 12.2. The Morgan fingerprint density at radius 2 is 2.28 bits per heavy atom. The molecule has 6 heteroatoms. The molecule has 0 fully saturated rings. The van der Waals surface area contributed by atoms with E-state index < -0.39 is 9.84 Å². The molecule has 0 amide bonds. The molecule has 18 heavy (non-hydrogen) atoms. The lowest BCUT2D eigenvalue weighted by atomic mass is 10.1. The van der Waals surface area contributed by atoms with Gasteiger partial charge in [-0.2, -0.15) is 5.26 Å². The zero-order valence-electron chi connectivity index (χ0n) is 10.2. The van der Waals surface area contributed by atoms with Crippen molar-refractivity contribution in [1.29, 1.82) is 5.26 Å². The Labute approximate surface area is 106 Å². The van der Waals surface area contributed by atoms with Crippen LogP contribution in [0.5, 0.6) is 5.75 Å². The van der Waals surface area contributed by atoms with Crippen LogP contribution in [0.25, 0.3) is 0 Å². The highest BCUT2D eigenvalue weighted by atomic mass is 32.2. The van der Waals surface area contributed by atoms with E-state index in [1.165, 1.54) is 7.11 Å². The first-order valence-corrected chi connectivity index (χ1v) is 7.18. The average Bonchev–Trinajstić information content (AvgIpc) is 2.28. The van der Waals surface area contributed by atoms with Crippen molar-refractivity contribution in [2.75, 3.05) is 18.2 Å². The average molecular weight is 266 g/mol. The highest BCUT2D eigenvalue weighted by molar-refractivity contribution is 7.91. The first-order chi connectivity index (χ1) is 8.49. The van der Waals surface area contributed by atoms with Gasteiger partial charge in [0.2, 0.25) is 0 Å². The van der Waals surface area contributed by atoms with E-state index in [2.05, 4.69) is 5.32 Å². The van der Waals surface area contributed by atoms with Crippen LogP contribution in [0.4, 0.5) is 5.69 Å². The molecule has 0 radical (unpaired) electrons. The van der Waals surface area contributed by atoms with Crippen LogP contribution in [0.2, 0.25) is 0 Å². The largest absolute Gasteiger partial charge is 0.495 e. The predicted molar refractivity (Wildman–Crippen MR) is 67.4 cm³/mol. The molecule has 0 saturated carbocycles. The molecule has 96 valence electrons. The number of hydrogen-bond acceptors (Lipinski definition) is 5. The quantitative estimate of drug-likeness (QED) is 0.877. The Morgan fingerprint density at radius 3 is 2.89 bits per heavy atom. The van der Waals surface area contributed by atoms with Gasteiger partial charge in [0.1, 0.15) is 5.75 Å². The maximum atomic E-state index is 12.2. The number of sulfone groups is 1. The number of fused-ring (bicyclic) bond motifs is 1. The van der Waals surface area contributed by atoms with Crippen LogP contribution in [0.1, 0.15) is 12.0 Å². The number of aryl methyl sites for hydroxylation is 1. The molecular weight excluding hydrogens is 252 g/mol. The minimum atomic E-state index is -3.37. The van der Waals surface area contributed by atoms with Crippen LogP contribution in [0.15, 0.2) is 17.0 Å². The molecule has 1 aliphatic rings. The molecule has 1 aliphatic heterocycles. The minimum Gasteiger partial charge on any atom is -0.495 e. The Bertz CT molecular complexity index is 617. The number of nitriles is 1. The lowest BCUT2D eigenvalue weighted by Crippen LogP contribution is -2.34. The molecule has 1 aromatic carbocycles. The molecule has 0 aromatic heterocycles. The Kier molecular flexibility index (Phi) is 3.18. The van der Waals surface area contributed by atoms with Crippen LogP contribution < -0.4 is 10.1 Å².